The van der Waals surface area contributed by atoms with E-state index in [2.05, 4.69) is 12.2 Å². The van der Waals surface area contributed by atoms with Gasteiger partial charge >= 0.3 is 5.97 Å². The van der Waals surface area contributed by atoms with Crippen molar-refractivity contribution >= 4 is 23.6 Å². The first-order valence-corrected chi connectivity index (χ1v) is 9.94. The number of thioether (sulfide) groups is 1. The summed E-state index contributed by atoms with van der Waals surface area (Å²) >= 11 is 1.56. The Morgan fingerprint density at radius 1 is 1.16 bits per heavy atom. The van der Waals surface area contributed by atoms with Gasteiger partial charge in [0.15, 0.2) is 0 Å². The summed E-state index contributed by atoms with van der Waals surface area (Å²) in [6.45, 7) is 2.18. The highest BCUT2D eigenvalue weighted by Gasteiger charge is 2.15. The van der Waals surface area contributed by atoms with Crippen molar-refractivity contribution in [3.63, 3.8) is 0 Å². The minimum absolute atomic E-state index is 0.0632. The van der Waals surface area contributed by atoms with Gasteiger partial charge in [0.2, 0.25) is 5.91 Å². The van der Waals surface area contributed by atoms with Crippen LogP contribution < -0.4 is 5.32 Å². The number of carboxylic acids is 1. The highest BCUT2D eigenvalue weighted by Crippen LogP contribution is 2.19. The molecule has 138 valence electrons. The van der Waals surface area contributed by atoms with Gasteiger partial charge in [-0.2, -0.15) is 0 Å². The summed E-state index contributed by atoms with van der Waals surface area (Å²) in [5.41, 5.74) is 0. The van der Waals surface area contributed by atoms with Crippen LogP contribution in [0, 0.1) is 0 Å². The third-order valence-electron chi connectivity index (χ3n) is 3.67. The lowest BCUT2D eigenvalue weighted by atomic mass is 10.1. The number of hydrogen-bond donors (Lipinski definition) is 2. The SMILES string of the molecule is CCCCCCC=CCC(=O)N[C@H](CSc1ccccc1)CC(=O)O. The maximum atomic E-state index is 12.0. The molecule has 5 heteroatoms. The Hall–Kier alpha value is -1.75. The molecule has 1 aromatic carbocycles. The third kappa shape index (κ3) is 11.4. The molecular weight excluding hydrogens is 334 g/mol. The van der Waals surface area contributed by atoms with Gasteiger partial charge in [-0.05, 0) is 25.0 Å². The van der Waals surface area contributed by atoms with Crippen molar-refractivity contribution in [3.05, 3.63) is 42.5 Å². The van der Waals surface area contributed by atoms with E-state index in [4.69, 9.17) is 5.11 Å². The number of amides is 1. The van der Waals surface area contributed by atoms with Crippen molar-refractivity contribution in [2.45, 2.75) is 62.8 Å². The fourth-order valence-electron chi connectivity index (χ4n) is 2.36. The van der Waals surface area contributed by atoms with Crippen molar-refractivity contribution in [1.29, 1.82) is 0 Å². The zero-order chi connectivity index (χ0) is 18.3. The molecule has 0 spiro atoms. The number of carbonyl (C=O) groups excluding carboxylic acids is 1. The van der Waals surface area contributed by atoms with Gasteiger partial charge < -0.3 is 10.4 Å². The van der Waals surface area contributed by atoms with Gasteiger partial charge in [0.25, 0.3) is 0 Å². The molecule has 4 nitrogen and oxygen atoms in total. The molecule has 1 rings (SSSR count). The van der Waals surface area contributed by atoms with Gasteiger partial charge in [-0.25, -0.2) is 0 Å². The number of hydrogen-bond acceptors (Lipinski definition) is 3. The number of allylic oxidation sites excluding steroid dienone is 1. The molecule has 25 heavy (non-hydrogen) atoms. The van der Waals surface area contributed by atoms with E-state index in [9.17, 15) is 9.59 Å². The van der Waals surface area contributed by atoms with Crippen LogP contribution in [-0.4, -0.2) is 28.8 Å². The molecule has 0 radical (unpaired) electrons. The smallest absolute Gasteiger partial charge is 0.305 e. The van der Waals surface area contributed by atoms with Crippen molar-refractivity contribution in [3.8, 4) is 0 Å². The zero-order valence-electron chi connectivity index (χ0n) is 14.9. The Morgan fingerprint density at radius 2 is 1.92 bits per heavy atom. The highest BCUT2D eigenvalue weighted by atomic mass is 32.2. The Morgan fingerprint density at radius 3 is 2.60 bits per heavy atom. The molecule has 2 N–H and O–H groups in total. The van der Waals surface area contributed by atoms with Crippen LogP contribution in [0.2, 0.25) is 0 Å². The molecule has 1 aromatic rings. The molecule has 0 aromatic heterocycles. The first kappa shape index (κ1) is 21.3. The maximum absolute atomic E-state index is 12.0. The topological polar surface area (TPSA) is 66.4 Å². The predicted molar refractivity (Wildman–Crippen MR) is 104 cm³/mol. The number of rotatable bonds is 13. The molecule has 0 fully saturated rings. The van der Waals surface area contributed by atoms with Crippen molar-refractivity contribution in [2.75, 3.05) is 5.75 Å². The Bertz CT molecular complexity index is 531. The minimum Gasteiger partial charge on any atom is -0.481 e. The maximum Gasteiger partial charge on any atom is 0.305 e. The normalized spacial score (nSPS) is 12.2. The third-order valence-corrected chi connectivity index (χ3v) is 4.85. The van der Waals surface area contributed by atoms with Crippen LogP contribution in [0.5, 0.6) is 0 Å². The van der Waals surface area contributed by atoms with Crippen molar-refractivity contribution in [1.82, 2.24) is 5.32 Å². The lowest BCUT2D eigenvalue weighted by Crippen LogP contribution is -2.38. The van der Waals surface area contributed by atoms with E-state index in [0.29, 0.717) is 12.2 Å². The number of aliphatic carboxylic acids is 1. The monoisotopic (exact) mass is 363 g/mol. The molecular formula is C20H29NO3S. The number of unbranched alkanes of at least 4 members (excludes halogenated alkanes) is 4. The zero-order valence-corrected chi connectivity index (χ0v) is 15.8. The highest BCUT2D eigenvalue weighted by molar-refractivity contribution is 7.99. The molecule has 0 bridgehead atoms. The fourth-order valence-corrected chi connectivity index (χ4v) is 3.30. The summed E-state index contributed by atoms with van der Waals surface area (Å²) in [5.74, 6) is -0.474. The molecule has 0 heterocycles. The molecule has 1 amide bonds. The second kappa shape index (κ2) is 13.5. The molecule has 0 unspecified atom stereocenters. The first-order valence-electron chi connectivity index (χ1n) is 8.95. The number of carboxylic acid groups (broad SMARTS) is 1. The van der Waals surface area contributed by atoms with Crippen LogP contribution in [0.25, 0.3) is 0 Å². The van der Waals surface area contributed by atoms with Crippen LogP contribution in [0.4, 0.5) is 0 Å². The van der Waals surface area contributed by atoms with Crippen molar-refractivity contribution < 1.29 is 14.7 Å². The number of nitrogens with one attached hydrogen (secondary N) is 1. The number of carbonyl (C=O) groups is 2. The average molecular weight is 364 g/mol. The van der Waals surface area contributed by atoms with Gasteiger partial charge in [-0.3, -0.25) is 9.59 Å². The Kier molecular flexibility index (Phi) is 11.5. The van der Waals surface area contributed by atoms with Gasteiger partial charge in [-0.1, -0.05) is 56.5 Å². The lowest BCUT2D eigenvalue weighted by molar-refractivity contribution is -0.137. The van der Waals surface area contributed by atoms with Gasteiger partial charge in [0, 0.05) is 23.1 Å². The summed E-state index contributed by atoms with van der Waals surface area (Å²) in [5, 5.41) is 11.9. The minimum atomic E-state index is -0.898. The van der Waals surface area contributed by atoms with Crippen LogP contribution in [0.1, 0.15) is 51.9 Å². The molecule has 0 saturated carbocycles. The second-order valence-corrected chi connectivity index (χ2v) is 7.10. The predicted octanol–water partition coefficient (Wildman–Crippen LogP) is 4.65. The van der Waals surface area contributed by atoms with Crippen LogP contribution in [-0.2, 0) is 9.59 Å². The Balaban J connectivity index is 2.34. The van der Waals surface area contributed by atoms with E-state index in [-0.39, 0.29) is 18.4 Å². The summed E-state index contributed by atoms with van der Waals surface area (Å²) in [4.78, 5) is 24.1. The summed E-state index contributed by atoms with van der Waals surface area (Å²) in [6, 6.07) is 9.41. The Labute approximate surface area is 155 Å². The standard InChI is InChI=1S/C20H29NO3S/c1-2-3-4-5-6-7-11-14-19(22)21-17(15-20(23)24)16-25-18-12-9-8-10-13-18/h7-13,17H,2-6,14-16H2,1H3,(H,21,22)(H,23,24)/t17-/m0/s1. The molecule has 0 aliphatic rings. The van der Waals surface area contributed by atoms with Crippen LogP contribution in [0.3, 0.4) is 0 Å². The fraction of sp³-hybridized carbons (Fsp3) is 0.500. The molecule has 0 aliphatic heterocycles. The van der Waals surface area contributed by atoms with E-state index < -0.39 is 5.97 Å². The lowest BCUT2D eigenvalue weighted by Gasteiger charge is -2.16. The van der Waals surface area contributed by atoms with E-state index in [1.807, 2.05) is 42.5 Å². The van der Waals surface area contributed by atoms with Gasteiger partial charge in [0.05, 0.1) is 6.42 Å². The average Bonchev–Trinajstić information content (AvgIpc) is 2.59. The second-order valence-electron chi connectivity index (χ2n) is 6.01. The quantitative estimate of drug-likeness (QED) is 0.304. The first-order chi connectivity index (χ1) is 12.1. The van der Waals surface area contributed by atoms with Crippen LogP contribution in [0.15, 0.2) is 47.4 Å². The van der Waals surface area contributed by atoms with E-state index in [1.165, 1.54) is 19.3 Å². The molecule has 0 saturated heterocycles. The van der Waals surface area contributed by atoms with Crippen LogP contribution >= 0.6 is 11.8 Å². The van der Waals surface area contributed by atoms with E-state index in [1.54, 1.807) is 11.8 Å². The van der Waals surface area contributed by atoms with Crippen molar-refractivity contribution in [2.24, 2.45) is 0 Å². The van der Waals surface area contributed by atoms with E-state index in [0.717, 1.165) is 17.7 Å². The largest absolute Gasteiger partial charge is 0.481 e. The number of benzene rings is 1. The summed E-state index contributed by atoms with van der Waals surface area (Å²) in [7, 11) is 0. The summed E-state index contributed by atoms with van der Waals surface area (Å²) < 4.78 is 0. The van der Waals surface area contributed by atoms with Gasteiger partial charge in [-0.15, -0.1) is 11.8 Å². The van der Waals surface area contributed by atoms with E-state index >= 15 is 0 Å². The molecule has 1 atom stereocenters. The molecule has 0 aliphatic carbocycles. The van der Waals surface area contributed by atoms with Gasteiger partial charge in [0.1, 0.15) is 0 Å². The summed E-state index contributed by atoms with van der Waals surface area (Å²) in [6.07, 6.45) is 10.0.